The number of anilines is 2. The summed E-state index contributed by atoms with van der Waals surface area (Å²) >= 11 is 0. The Hall–Kier alpha value is -1.77. The molecule has 0 unspecified atom stereocenters. The normalized spacial score (nSPS) is 22.9. The van der Waals surface area contributed by atoms with E-state index in [4.69, 9.17) is 5.73 Å². The smallest absolute Gasteiger partial charge is 0.0745 e. The molecule has 2 N–H and O–H groups in total. The second kappa shape index (κ2) is 5.31. The average molecular weight is 269 g/mol. The first kappa shape index (κ1) is 13.2. The molecule has 1 aliphatic carbocycles. The van der Waals surface area contributed by atoms with Crippen molar-refractivity contribution in [3.05, 3.63) is 30.5 Å². The summed E-state index contributed by atoms with van der Waals surface area (Å²) in [7, 11) is 2.18. The van der Waals surface area contributed by atoms with Gasteiger partial charge in [-0.05, 0) is 37.7 Å². The quantitative estimate of drug-likeness (QED) is 0.901. The number of nitrogens with zero attached hydrogens (tertiary/aromatic N) is 2. The molecule has 1 aliphatic rings. The number of aromatic nitrogens is 1. The van der Waals surface area contributed by atoms with E-state index in [0.717, 1.165) is 28.2 Å². The van der Waals surface area contributed by atoms with Crippen molar-refractivity contribution < 1.29 is 0 Å². The minimum atomic E-state index is 0.597. The number of nitrogens with two attached hydrogens (primary N) is 1. The number of hydrogen-bond donors (Lipinski definition) is 1. The fraction of sp³-hybridized carbons (Fsp3) is 0.471. The standard InChI is InChI=1S/C17H23N3/c1-12-7-9-13(10-8-12)20(2)17-14-5-3-4-6-16(14)19-11-15(17)18/h3-6,11-13H,7-10,18H2,1-2H3. The predicted molar refractivity (Wildman–Crippen MR) is 86.0 cm³/mol. The summed E-state index contributed by atoms with van der Waals surface area (Å²) in [6, 6.07) is 8.85. The van der Waals surface area contributed by atoms with E-state index in [1.165, 1.54) is 25.7 Å². The first-order chi connectivity index (χ1) is 9.66. The molecule has 0 saturated heterocycles. The highest BCUT2D eigenvalue weighted by Gasteiger charge is 2.24. The van der Waals surface area contributed by atoms with E-state index >= 15 is 0 Å². The third-order valence-electron chi connectivity index (χ3n) is 4.66. The van der Waals surface area contributed by atoms with Crippen LogP contribution in [0.3, 0.4) is 0 Å². The van der Waals surface area contributed by atoms with Crippen LogP contribution in [0.25, 0.3) is 10.9 Å². The van der Waals surface area contributed by atoms with Crippen molar-refractivity contribution in [2.75, 3.05) is 17.7 Å². The van der Waals surface area contributed by atoms with Crippen LogP contribution in [0.2, 0.25) is 0 Å². The molecule has 3 nitrogen and oxygen atoms in total. The summed E-state index contributed by atoms with van der Waals surface area (Å²) in [6.07, 6.45) is 6.94. The van der Waals surface area contributed by atoms with Gasteiger partial charge in [0.1, 0.15) is 0 Å². The summed E-state index contributed by atoms with van der Waals surface area (Å²) in [5, 5.41) is 1.16. The fourth-order valence-corrected chi connectivity index (χ4v) is 3.35. The lowest BCUT2D eigenvalue weighted by atomic mass is 9.86. The fourth-order valence-electron chi connectivity index (χ4n) is 3.35. The first-order valence-electron chi connectivity index (χ1n) is 7.53. The van der Waals surface area contributed by atoms with E-state index in [1.807, 2.05) is 6.07 Å². The maximum atomic E-state index is 6.22. The Balaban J connectivity index is 1.98. The summed E-state index contributed by atoms with van der Waals surface area (Å²) in [4.78, 5) is 6.81. The lowest BCUT2D eigenvalue weighted by Gasteiger charge is -2.36. The summed E-state index contributed by atoms with van der Waals surface area (Å²) in [6.45, 7) is 2.35. The monoisotopic (exact) mass is 269 g/mol. The minimum Gasteiger partial charge on any atom is -0.396 e. The molecule has 0 atom stereocenters. The molecule has 0 radical (unpaired) electrons. The van der Waals surface area contributed by atoms with Crippen LogP contribution in [-0.4, -0.2) is 18.1 Å². The molecule has 3 heteroatoms. The molecule has 106 valence electrons. The lowest BCUT2D eigenvalue weighted by molar-refractivity contribution is 0.341. The second-order valence-electron chi connectivity index (χ2n) is 6.10. The van der Waals surface area contributed by atoms with E-state index in [1.54, 1.807) is 6.20 Å². The Morgan fingerprint density at radius 3 is 2.60 bits per heavy atom. The van der Waals surface area contributed by atoms with Gasteiger partial charge in [0.05, 0.1) is 23.1 Å². The van der Waals surface area contributed by atoms with E-state index in [-0.39, 0.29) is 0 Å². The topological polar surface area (TPSA) is 42.1 Å². The molecular weight excluding hydrogens is 246 g/mol. The van der Waals surface area contributed by atoms with Crippen LogP contribution in [0, 0.1) is 5.92 Å². The second-order valence-corrected chi connectivity index (χ2v) is 6.10. The van der Waals surface area contributed by atoms with Gasteiger partial charge in [-0.25, -0.2) is 0 Å². The molecule has 0 aliphatic heterocycles. The molecule has 1 fully saturated rings. The Bertz CT molecular complexity index is 600. The number of para-hydroxylation sites is 1. The van der Waals surface area contributed by atoms with E-state index in [0.29, 0.717) is 6.04 Å². The molecule has 1 heterocycles. The zero-order chi connectivity index (χ0) is 14.1. The van der Waals surface area contributed by atoms with Gasteiger partial charge in [0.15, 0.2) is 0 Å². The van der Waals surface area contributed by atoms with Gasteiger partial charge in [-0.1, -0.05) is 25.1 Å². The number of hydrogen-bond acceptors (Lipinski definition) is 3. The Morgan fingerprint density at radius 1 is 1.15 bits per heavy atom. The van der Waals surface area contributed by atoms with Crippen molar-refractivity contribution in [3.8, 4) is 0 Å². The average Bonchev–Trinajstić information content (AvgIpc) is 2.47. The van der Waals surface area contributed by atoms with Gasteiger partial charge in [-0.2, -0.15) is 0 Å². The third kappa shape index (κ3) is 2.33. The van der Waals surface area contributed by atoms with Gasteiger partial charge in [0.2, 0.25) is 0 Å². The molecule has 3 rings (SSSR count). The summed E-state index contributed by atoms with van der Waals surface area (Å²) in [5.41, 5.74) is 9.17. The number of rotatable bonds is 2. The maximum absolute atomic E-state index is 6.22. The van der Waals surface area contributed by atoms with Crippen molar-refractivity contribution in [2.24, 2.45) is 5.92 Å². The highest BCUT2D eigenvalue weighted by atomic mass is 15.1. The molecule has 2 aromatic rings. The van der Waals surface area contributed by atoms with Crippen LogP contribution < -0.4 is 10.6 Å². The van der Waals surface area contributed by atoms with Crippen molar-refractivity contribution in [3.63, 3.8) is 0 Å². The molecule has 0 amide bonds. The van der Waals surface area contributed by atoms with E-state index in [2.05, 4.69) is 42.1 Å². The van der Waals surface area contributed by atoms with Crippen LogP contribution in [0.5, 0.6) is 0 Å². The largest absolute Gasteiger partial charge is 0.396 e. The molecule has 1 aromatic heterocycles. The Labute approximate surface area is 120 Å². The van der Waals surface area contributed by atoms with Gasteiger partial charge in [0, 0.05) is 18.5 Å². The van der Waals surface area contributed by atoms with Crippen LogP contribution in [0.4, 0.5) is 11.4 Å². The molecular formula is C17H23N3. The molecule has 0 bridgehead atoms. The Kier molecular flexibility index (Phi) is 3.51. The predicted octanol–water partition coefficient (Wildman–Crippen LogP) is 3.83. The number of benzene rings is 1. The SMILES string of the molecule is CC1CCC(N(C)c2c(N)cnc3ccccc23)CC1. The van der Waals surface area contributed by atoms with Crippen molar-refractivity contribution in [1.82, 2.24) is 4.98 Å². The van der Waals surface area contributed by atoms with Crippen LogP contribution in [-0.2, 0) is 0 Å². The van der Waals surface area contributed by atoms with Crippen molar-refractivity contribution >= 4 is 22.3 Å². The lowest BCUT2D eigenvalue weighted by Crippen LogP contribution is -2.35. The van der Waals surface area contributed by atoms with E-state index < -0.39 is 0 Å². The molecule has 0 spiro atoms. The number of fused-ring (bicyclic) bond motifs is 1. The van der Waals surface area contributed by atoms with E-state index in [9.17, 15) is 0 Å². The number of nitrogen functional groups attached to an aromatic ring is 1. The van der Waals surface area contributed by atoms with Gasteiger partial charge in [-0.3, -0.25) is 4.98 Å². The zero-order valence-electron chi connectivity index (χ0n) is 12.3. The van der Waals surface area contributed by atoms with Crippen LogP contribution in [0.15, 0.2) is 30.5 Å². The third-order valence-corrected chi connectivity index (χ3v) is 4.66. The van der Waals surface area contributed by atoms with Crippen LogP contribution in [0.1, 0.15) is 32.6 Å². The Morgan fingerprint density at radius 2 is 1.85 bits per heavy atom. The summed E-state index contributed by atoms with van der Waals surface area (Å²) in [5.74, 6) is 0.867. The van der Waals surface area contributed by atoms with Gasteiger partial charge >= 0.3 is 0 Å². The first-order valence-corrected chi connectivity index (χ1v) is 7.53. The number of pyridine rings is 1. The van der Waals surface area contributed by atoms with Gasteiger partial charge < -0.3 is 10.6 Å². The van der Waals surface area contributed by atoms with Gasteiger partial charge in [-0.15, -0.1) is 0 Å². The zero-order valence-corrected chi connectivity index (χ0v) is 12.3. The maximum Gasteiger partial charge on any atom is 0.0745 e. The summed E-state index contributed by atoms with van der Waals surface area (Å²) < 4.78 is 0. The molecule has 20 heavy (non-hydrogen) atoms. The molecule has 1 aromatic carbocycles. The molecule has 1 saturated carbocycles. The van der Waals surface area contributed by atoms with Crippen LogP contribution >= 0.6 is 0 Å². The minimum absolute atomic E-state index is 0.597. The highest BCUT2D eigenvalue weighted by Crippen LogP contribution is 2.35. The van der Waals surface area contributed by atoms with Crippen molar-refractivity contribution in [1.29, 1.82) is 0 Å². The van der Waals surface area contributed by atoms with Crippen molar-refractivity contribution in [2.45, 2.75) is 38.6 Å². The highest BCUT2D eigenvalue weighted by molar-refractivity contribution is 5.97. The van der Waals surface area contributed by atoms with Gasteiger partial charge in [0.25, 0.3) is 0 Å².